The Kier molecular flexibility index (Phi) is 5.32. The van der Waals surface area contributed by atoms with E-state index in [1.54, 1.807) is 6.07 Å². The maximum atomic E-state index is 12.8. The maximum absolute atomic E-state index is 12.8. The number of hydrogen-bond donors (Lipinski definition) is 0. The molecule has 0 aromatic carbocycles. The number of aryl methyl sites for hydroxylation is 1. The SMILES string of the molecule is Cc1ccc(S(=O)(=O)N2CCCC(C(=O)N3CCCC(C)C3)C2)s1. The summed E-state index contributed by atoms with van der Waals surface area (Å²) in [7, 11) is -3.47. The topological polar surface area (TPSA) is 57.7 Å². The molecule has 0 N–H and O–H groups in total. The van der Waals surface area contributed by atoms with Gasteiger partial charge < -0.3 is 4.90 Å². The van der Waals surface area contributed by atoms with E-state index < -0.39 is 10.0 Å². The number of amides is 1. The van der Waals surface area contributed by atoms with Crippen LogP contribution in [0, 0.1) is 18.8 Å². The second-order valence-electron chi connectivity index (χ2n) is 7.10. The second-order valence-corrected chi connectivity index (χ2v) is 10.6. The van der Waals surface area contributed by atoms with E-state index in [0.717, 1.165) is 37.2 Å². The molecule has 1 amide bonds. The Morgan fingerprint density at radius 3 is 2.58 bits per heavy atom. The molecule has 2 aliphatic heterocycles. The molecule has 2 aliphatic rings. The molecule has 24 heavy (non-hydrogen) atoms. The second kappa shape index (κ2) is 7.14. The molecule has 2 atom stereocenters. The predicted molar refractivity (Wildman–Crippen MR) is 95.5 cm³/mol. The third kappa shape index (κ3) is 3.68. The minimum atomic E-state index is -3.47. The standard InChI is InChI=1S/C17H26N2O3S2/c1-13-5-3-9-18(11-13)17(20)15-6-4-10-19(12-15)24(21,22)16-8-7-14(2)23-16/h7-8,13,15H,3-6,9-12H2,1-2H3. The lowest BCUT2D eigenvalue weighted by Crippen LogP contribution is -2.48. The molecule has 3 rings (SSSR count). The lowest BCUT2D eigenvalue weighted by molar-refractivity contribution is -0.138. The van der Waals surface area contributed by atoms with E-state index in [1.807, 2.05) is 17.9 Å². The van der Waals surface area contributed by atoms with Gasteiger partial charge in [-0.25, -0.2) is 8.42 Å². The first kappa shape index (κ1) is 17.9. The number of thiophene rings is 1. The summed E-state index contributed by atoms with van der Waals surface area (Å²) < 4.78 is 27.5. The molecule has 134 valence electrons. The van der Waals surface area contributed by atoms with Gasteiger partial charge in [-0.1, -0.05) is 6.92 Å². The summed E-state index contributed by atoms with van der Waals surface area (Å²) in [5.74, 6) is 0.490. The molecule has 2 saturated heterocycles. The van der Waals surface area contributed by atoms with Crippen LogP contribution in [-0.4, -0.2) is 49.7 Å². The van der Waals surface area contributed by atoms with Gasteiger partial charge in [0.1, 0.15) is 4.21 Å². The smallest absolute Gasteiger partial charge is 0.252 e. The van der Waals surface area contributed by atoms with E-state index in [1.165, 1.54) is 22.1 Å². The first-order valence-electron chi connectivity index (χ1n) is 8.73. The molecule has 7 heteroatoms. The average Bonchev–Trinajstić information content (AvgIpc) is 3.01. The van der Waals surface area contributed by atoms with E-state index in [0.29, 0.717) is 23.2 Å². The van der Waals surface area contributed by atoms with Crippen molar-refractivity contribution < 1.29 is 13.2 Å². The van der Waals surface area contributed by atoms with Gasteiger partial charge in [-0.3, -0.25) is 4.79 Å². The fourth-order valence-electron chi connectivity index (χ4n) is 3.69. The number of rotatable bonds is 3. The van der Waals surface area contributed by atoms with E-state index in [2.05, 4.69) is 6.92 Å². The van der Waals surface area contributed by atoms with Gasteiger partial charge in [0.2, 0.25) is 5.91 Å². The summed E-state index contributed by atoms with van der Waals surface area (Å²) in [6.07, 6.45) is 3.77. The highest BCUT2D eigenvalue weighted by molar-refractivity contribution is 7.91. The highest BCUT2D eigenvalue weighted by Gasteiger charge is 2.36. The summed E-state index contributed by atoms with van der Waals surface area (Å²) >= 11 is 1.30. The lowest BCUT2D eigenvalue weighted by atomic mass is 9.94. The van der Waals surface area contributed by atoms with Crippen LogP contribution in [0.15, 0.2) is 16.3 Å². The third-order valence-electron chi connectivity index (χ3n) is 5.01. The van der Waals surface area contributed by atoms with Crippen LogP contribution in [0.2, 0.25) is 0 Å². The zero-order chi connectivity index (χ0) is 17.3. The number of hydrogen-bond acceptors (Lipinski definition) is 4. The van der Waals surface area contributed by atoms with Crippen molar-refractivity contribution >= 4 is 27.3 Å². The van der Waals surface area contributed by atoms with Crippen LogP contribution in [0.3, 0.4) is 0 Å². The Balaban J connectivity index is 1.71. The van der Waals surface area contributed by atoms with E-state index in [9.17, 15) is 13.2 Å². The zero-order valence-corrected chi connectivity index (χ0v) is 16.0. The molecule has 0 aliphatic carbocycles. The van der Waals surface area contributed by atoms with Crippen molar-refractivity contribution in [3.8, 4) is 0 Å². The van der Waals surface area contributed by atoms with Crippen molar-refractivity contribution in [2.75, 3.05) is 26.2 Å². The predicted octanol–water partition coefficient (Wildman–Crippen LogP) is 2.72. The molecule has 0 bridgehead atoms. The number of sulfonamides is 1. The Hall–Kier alpha value is -0.920. The van der Waals surface area contributed by atoms with Crippen molar-refractivity contribution in [2.45, 2.75) is 43.7 Å². The molecular formula is C17H26N2O3S2. The van der Waals surface area contributed by atoms with Crippen molar-refractivity contribution in [2.24, 2.45) is 11.8 Å². The van der Waals surface area contributed by atoms with Crippen LogP contribution >= 0.6 is 11.3 Å². The molecule has 0 saturated carbocycles. The highest BCUT2D eigenvalue weighted by atomic mass is 32.2. The highest BCUT2D eigenvalue weighted by Crippen LogP contribution is 2.29. The van der Waals surface area contributed by atoms with Crippen LogP contribution in [0.1, 0.15) is 37.5 Å². The molecule has 1 aromatic rings. The van der Waals surface area contributed by atoms with E-state index >= 15 is 0 Å². The van der Waals surface area contributed by atoms with Gasteiger partial charge in [-0.15, -0.1) is 11.3 Å². The fourth-order valence-corrected chi connectivity index (χ4v) is 6.65. The molecule has 5 nitrogen and oxygen atoms in total. The van der Waals surface area contributed by atoms with E-state index in [4.69, 9.17) is 0 Å². The number of carbonyl (C=O) groups excluding carboxylic acids is 1. The third-order valence-corrected chi connectivity index (χ3v) is 8.35. The molecular weight excluding hydrogens is 344 g/mol. The van der Waals surface area contributed by atoms with Crippen molar-refractivity contribution in [1.82, 2.24) is 9.21 Å². The summed E-state index contributed by atoms with van der Waals surface area (Å²) in [6.45, 7) is 6.55. The number of nitrogens with zero attached hydrogens (tertiary/aromatic N) is 2. The fraction of sp³-hybridized carbons (Fsp3) is 0.706. The summed E-state index contributed by atoms with van der Waals surface area (Å²) in [6, 6.07) is 3.51. The minimum Gasteiger partial charge on any atom is -0.342 e. The summed E-state index contributed by atoms with van der Waals surface area (Å²) in [5, 5.41) is 0. The van der Waals surface area contributed by atoms with Gasteiger partial charge in [-0.05, 0) is 50.7 Å². The van der Waals surface area contributed by atoms with Crippen molar-refractivity contribution in [1.29, 1.82) is 0 Å². The molecule has 0 spiro atoms. The summed E-state index contributed by atoms with van der Waals surface area (Å²) in [5.41, 5.74) is 0. The molecule has 3 heterocycles. The Morgan fingerprint density at radius 2 is 1.92 bits per heavy atom. The van der Waals surface area contributed by atoms with Gasteiger partial charge in [-0.2, -0.15) is 4.31 Å². The van der Waals surface area contributed by atoms with Crippen LogP contribution < -0.4 is 0 Å². The van der Waals surface area contributed by atoms with Crippen molar-refractivity contribution in [3.05, 3.63) is 17.0 Å². The van der Waals surface area contributed by atoms with E-state index in [-0.39, 0.29) is 11.8 Å². The van der Waals surface area contributed by atoms with Gasteiger partial charge in [0, 0.05) is 31.1 Å². The van der Waals surface area contributed by atoms with Gasteiger partial charge in [0.25, 0.3) is 10.0 Å². The Morgan fingerprint density at radius 1 is 1.17 bits per heavy atom. The normalized spacial score (nSPS) is 26.5. The number of piperidine rings is 2. The Bertz CT molecular complexity index is 698. The average molecular weight is 371 g/mol. The van der Waals surface area contributed by atoms with Gasteiger partial charge in [0.05, 0.1) is 5.92 Å². The first-order chi connectivity index (χ1) is 11.4. The van der Waals surface area contributed by atoms with Gasteiger partial charge >= 0.3 is 0 Å². The zero-order valence-electron chi connectivity index (χ0n) is 14.4. The Labute approximate surface area is 148 Å². The van der Waals surface area contributed by atoms with Crippen LogP contribution in [0.5, 0.6) is 0 Å². The van der Waals surface area contributed by atoms with Crippen LogP contribution in [0.4, 0.5) is 0 Å². The first-order valence-corrected chi connectivity index (χ1v) is 11.0. The maximum Gasteiger partial charge on any atom is 0.252 e. The largest absolute Gasteiger partial charge is 0.342 e. The van der Waals surface area contributed by atoms with Crippen LogP contribution in [0.25, 0.3) is 0 Å². The minimum absolute atomic E-state index is 0.142. The van der Waals surface area contributed by atoms with Crippen LogP contribution in [-0.2, 0) is 14.8 Å². The monoisotopic (exact) mass is 370 g/mol. The molecule has 1 aromatic heterocycles. The van der Waals surface area contributed by atoms with Gasteiger partial charge in [0.15, 0.2) is 0 Å². The molecule has 0 radical (unpaired) electrons. The quantitative estimate of drug-likeness (QED) is 0.822. The summed E-state index contributed by atoms with van der Waals surface area (Å²) in [4.78, 5) is 15.8. The molecule has 2 fully saturated rings. The lowest BCUT2D eigenvalue weighted by Gasteiger charge is -2.37. The van der Waals surface area contributed by atoms with Crippen molar-refractivity contribution in [3.63, 3.8) is 0 Å². The number of carbonyl (C=O) groups is 1. The number of likely N-dealkylation sites (tertiary alicyclic amines) is 1. The molecule has 2 unspecified atom stereocenters.